The summed E-state index contributed by atoms with van der Waals surface area (Å²) in [6.45, 7) is 4.57. The molecule has 0 radical (unpaired) electrons. The van der Waals surface area contributed by atoms with Crippen LogP contribution in [0.15, 0.2) is 0 Å². The number of rotatable bonds is 0. The van der Waals surface area contributed by atoms with Gasteiger partial charge in [-0.15, -0.1) is 11.3 Å². The lowest BCUT2D eigenvalue weighted by Gasteiger charge is -2.09. The summed E-state index contributed by atoms with van der Waals surface area (Å²) in [6.07, 6.45) is 8.37. The Bertz CT molecular complexity index is 296. The van der Waals surface area contributed by atoms with Gasteiger partial charge in [0.15, 0.2) is 0 Å². The van der Waals surface area contributed by atoms with E-state index in [1.165, 1.54) is 38.5 Å². The predicted octanol–water partition coefficient (Wildman–Crippen LogP) is 4.02. The molecule has 0 saturated carbocycles. The Morgan fingerprint density at radius 3 is 2.38 bits per heavy atom. The molecule has 0 fully saturated rings. The molecule has 0 bridgehead atoms. The number of thiophene rings is 1. The van der Waals surface area contributed by atoms with Gasteiger partial charge in [0, 0.05) is 9.75 Å². The van der Waals surface area contributed by atoms with Gasteiger partial charge in [-0.2, -0.15) is 0 Å². The van der Waals surface area contributed by atoms with E-state index in [1.54, 1.807) is 20.9 Å². The van der Waals surface area contributed by atoms with Crippen LogP contribution in [0.3, 0.4) is 0 Å². The van der Waals surface area contributed by atoms with E-state index in [0.29, 0.717) is 0 Å². The zero-order valence-corrected chi connectivity index (χ0v) is 9.47. The van der Waals surface area contributed by atoms with Gasteiger partial charge in [-0.25, -0.2) is 0 Å². The van der Waals surface area contributed by atoms with Crippen LogP contribution in [-0.4, -0.2) is 0 Å². The van der Waals surface area contributed by atoms with Gasteiger partial charge in [-0.05, 0) is 50.7 Å². The van der Waals surface area contributed by atoms with Gasteiger partial charge in [-0.1, -0.05) is 12.8 Å². The molecule has 0 nitrogen and oxygen atoms in total. The van der Waals surface area contributed by atoms with Gasteiger partial charge in [-0.3, -0.25) is 0 Å². The Hall–Kier alpha value is -0.300. The van der Waals surface area contributed by atoms with Crippen LogP contribution in [0, 0.1) is 13.8 Å². The third-order valence-electron chi connectivity index (χ3n) is 3.17. The highest BCUT2D eigenvalue weighted by atomic mass is 32.1. The fourth-order valence-electron chi connectivity index (χ4n) is 2.21. The second-order valence-electron chi connectivity index (χ2n) is 4.10. The summed E-state index contributed by atoms with van der Waals surface area (Å²) in [5.41, 5.74) is 3.28. The highest BCUT2D eigenvalue weighted by Gasteiger charge is 2.13. The van der Waals surface area contributed by atoms with Crippen molar-refractivity contribution in [2.45, 2.75) is 52.4 Å². The van der Waals surface area contributed by atoms with Crippen molar-refractivity contribution in [2.24, 2.45) is 0 Å². The van der Waals surface area contributed by atoms with Gasteiger partial charge in [0.05, 0.1) is 0 Å². The standard InChI is InChI=1S/C12H18S/c1-9-10(2)13-12-8-6-4-3-5-7-11(9)12/h3-8H2,1-2H3. The average molecular weight is 194 g/mol. The third-order valence-corrected chi connectivity index (χ3v) is 4.48. The van der Waals surface area contributed by atoms with Gasteiger partial charge < -0.3 is 0 Å². The number of aryl methyl sites for hydroxylation is 2. The van der Waals surface area contributed by atoms with Crippen LogP contribution in [0.2, 0.25) is 0 Å². The van der Waals surface area contributed by atoms with Gasteiger partial charge in [0.25, 0.3) is 0 Å². The molecule has 1 aromatic heterocycles. The molecule has 72 valence electrons. The lowest BCUT2D eigenvalue weighted by Crippen LogP contribution is -1.96. The lowest BCUT2D eigenvalue weighted by atomic mass is 9.97. The summed E-state index contributed by atoms with van der Waals surface area (Å²) in [5.74, 6) is 0. The molecular weight excluding hydrogens is 176 g/mol. The molecule has 0 aromatic carbocycles. The first-order valence-electron chi connectivity index (χ1n) is 5.37. The Balaban J connectivity index is 2.33. The van der Waals surface area contributed by atoms with Crippen molar-refractivity contribution in [3.8, 4) is 0 Å². The molecule has 0 unspecified atom stereocenters. The SMILES string of the molecule is Cc1sc2c(c1C)CCCCCC2. The summed E-state index contributed by atoms with van der Waals surface area (Å²) in [5, 5.41) is 0. The molecule has 1 heterocycles. The Kier molecular flexibility index (Phi) is 2.73. The molecular formula is C12H18S. The van der Waals surface area contributed by atoms with Crippen molar-refractivity contribution in [1.82, 2.24) is 0 Å². The zero-order valence-electron chi connectivity index (χ0n) is 8.65. The summed E-state index contributed by atoms with van der Waals surface area (Å²) in [4.78, 5) is 3.24. The molecule has 13 heavy (non-hydrogen) atoms. The smallest absolute Gasteiger partial charge is 0.00827 e. The molecule has 0 saturated heterocycles. The minimum absolute atomic E-state index is 1.34. The van der Waals surface area contributed by atoms with E-state index in [1.807, 2.05) is 11.3 Å². The lowest BCUT2D eigenvalue weighted by molar-refractivity contribution is 0.621. The molecule has 1 heteroatoms. The van der Waals surface area contributed by atoms with Crippen molar-refractivity contribution in [1.29, 1.82) is 0 Å². The third kappa shape index (κ3) is 1.80. The normalized spacial score (nSPS) is 17.7. The Morgan fingerprint density at radius 2 is 1.62 bits per heavy atom. The first-order valence-corrected chi connectivity index (χ1v) is 6.18. The topological polar surface area (TPSA) is 0 Å². The van der Waals surface area contributed by atoms with Crippen molar-refractivity contribution in [3.63, 3.8) is 0 Å². The maximum absolute atomic E-state index is 2.30. The summed E-state index contributed by atoms with van der Waals surface area (Å²) >= 11 is 2.04. The van der Waals surface area contributed by atoms with Gasteiger partial charge >= 0.3 is 0 Å². The van der Waals surface area contributed by atoms with Crippen LogP contribution in [0.5, 0.6) is 0 Å². The summed E-state index contributed by atoms with van der Waals surface area (Å²) in [6, 6.07) is 0. The second kappa shape index (κ2) is 3.83. The number of hydrogen-bond acceptors (Lipinski definition) is 1. The Labute approximate surface area is 85.0 Å². The summed E-state index contributed by atoms with van der Waals surface area (Å²) in [7, 11) is 0. The second-order valence-corrected chi connectivity index (χ2v) is 5.41. The fourth-order valence-corrected chi connectivity index (χ4v) is 3.48. The molecule has 1 aliphatic rings. The Morgan fingerprint density at radius 1 is 0.923 bits per heavy atom. The van der Waals surface area contributed by atoms with Crippen molar-refractivity contribution < 1.29 is 0 Å². The monoisotopic (exact) mass is 194 g/mol. The van der Waals surface area contributed by atoms with Crippen molar-refractivity contribution in [3.05, 3.63) is 20.9 Å². The summed E-state index contributed by atoms with van der Waals surface area (Å²) < 4.78 is 0. The molecule has 0 atom stereocenters. The minimum atomic E-state index is 1.34. The number of hydrogen-bond donors (Lipinski definition) is 0. The predicted molar refractivity (Wildman–Crippen MR) is 59.7 cm³/mol. The van der Waals surface area contributed by atoms with E-state index in [-0.39, 0.29) is 0 Å². The van der Waals surface area contributed by atoms with E-state index in [9.17, 15) is 0 Å². The maximum atomic E-state index is 2.30. The van der Waals surface area contributed by atoms with Crippen LogP contribution in [-0.2, 0) is 12.8 Å². The molecule has 2 rings (SSSR count). The highest BCUT2D eigenvalue weighted by Crippen LogP contribution is 2.31. The van der Waals surface area contributed by atoms with Crippen molar-refractivity contribution >= 4 is 11.3 Å². The molecule has 0 aliphatic heterocycles. The fraction of sp³-hybridized carbons (Fsp3) is 0.667. The first-order chi connectivity index (χ1) is 6.29. The van der Waals surface area contributed by atoms with Crippen LogP contribution >= 0.6 is 11.3 Å². The van der Waals surface area contributed by atoms with E-state index in [4.69, 9.17) is 0 Å². The molecule has 1 aliphatic carbocycles. The molecule has 0 N–H and O–H groups in total. The van der Waals surface area contributed by atoms with Gasteiger partial charge in [0.1, 0.15) is 0 Å². The maximum Gasteiger partial charge on any atom is 0.00827 e. The quantitative estimate of drug-likeness (QED) is 0.585. The first kappa shape index (κ1) is 9.26. The van der Waals surface area contributed by atoms with E-state index in [0.717, 1.165) is 0 Å². The average Bonchev–Trinajstić information content (AvgIpc) is 2.31. The number of fused-ring (bicyclic) bond motifs is 1. The van der Waals surface area contributed by atoms with Crippen LogP contribution in [0.4, 0.5) is 0 Å². The van der Waals surface area contributed by atoms with Crippen LogP contribution < -0.4 is 0 Å². The molecule has 1 aromatic rings. The molecule has 0 amide bonds. The van der Waals surface area contributed by atoms with Crippen molar-refractivity contribution in [2.75, 3.05) is 0 Å². The largest absolute Gasteiger partial charge is 0.145 e. The van der Waals surface area contributed by atoms with Gasteiger partial charge in [0.2, 0.25) is 0 Å². The molecule has 0 spiro atoms. The highest BCUT2D eigenvalue weighted by molar-refractivity contribution is 7.12. The van der Waals surface area contributed by atoms with Crippen LogP contribution in [0.25, 0.3) is 0 Å². The van der Waals surface area contributed by atoms with Crippen LogP contribution in [0.1, 0.15) is 46.6 Å². The van der Waals surface area contributed by atoms with E-state index < -0.39 is 0 Å². The zero-order chi connectivity index (χ0) is 9.26. The minimum Gasteiger partial charge on any atom is -0.145 e. The van der Waals surface area contributed by atoms with E-state index in [2.05, 4.69) is 13.8 Å². The van der Waals surface area contributed by atoms with E-state index >= 15 is 0 Å².